The van der Waals surface area contributed by atoms with Crippen LogP contribution in [0.4, 0.5) is 0 Å². The van der Waals surface area contributed by atoms with E-state index in [1.165, 1.54) is 30.5 Å². The van der Waals surface area contributed by atoms with E-state index < -0.39 is 0 Å². The normalized spacial score (nSPS) is 16.9. The van der Waals surface area contributed by atoms with Crippen molar-refractivity contribution in [3.63, 3.8) is 0 Å². The highest BCUT2D eigenvalue weighted by Gasteiger charge is 2.39. The van der Waals surface area contributed by atoms with Crippen LogP contribution in [-0.4, -0.2) is 16.7 Å². The van der Waals surface area contributed by atoms with Gasteiger partial charge in [-0.25, -0.2) is 0 Å². The predicted octanol–water partition coefficient (Wildman–Crippen LogP) is 2.73. The van der Waals surface area contributed by atoms with Gasteiger partial charge in [0.1, 0.15) is 0 Å². The molecule has 1 aliphatic carbocycles. The Bertz CT molecular complexity index is 323. The van der Waals surface area contributed by atoms with Crippen molar-refractivity contribution in [3.8, 4) is 0 Å². The molecule has 92 valence electrons. The van der Waals surface area contributed by atoms with Crippen LogP contribution in [0.5, 0.6) is 0 Å². The number of hydrogen-bond acceptors (Lipinski definition) is 2. The van der Waals surface area contributed by atoms with E-state index in [2.05, 4.69) is 36.3 Å². The van der Waals surface area contributed by atoms with E-state index in [0.717, 1.165) is 18.8 Å². The minimum Gasteiger partial charge on any atom is -0.312 e. The van der Waals surface area contributed by atoms with Gasteiger partial charge >= 0.3 is 0 Å². The van der Waals surface area contributed by atoms with Crippen molar-refractivity contribution >= 4 is 12.4 Å². The van der Waals surface area contributed by atoms with Gasteiger partial charge in [0.05, 0.1) is 5.69 Å². The number of halogens is 1. The Morgan fingerprint density at radius 2 is 2.06 bits per heavy atom. The van der Waals surface area contributed by atoms with Gasteiger partial charge in [0, 0.05) is 24.3 Å². The average molecular weight is 244 g/mol. The lowest BCUT2D eigenvalue weighted by atomic mass is 10.0. The molecule has 0 amide bonds. The van der Waals surface area contributed by atoms with Crippen LogP contribution in [-0.2, 0) is 6.54 Å². The molecule has 1 heterocycles. The van der Waals surface area contributed by atoms with Gasteiger partial charge in [0.15, 0.2) is 0 Å². The third kappa shape index (κ3) is 2.77. The first-order valence-electron chi connectivity index (χ1n) is 5.88. The third-order valence-corrected chi connectivity index (χ3v) is 3.79. The first kappa shape index (κ1) is 13.5. The molecule has 0 unspecified atom stereocenters. The molecule has 1 aromatic rings. The minimum atomic E-state index is 0. The van der Waals surface area contributed by atoms with Gasteiger partial charge < -0.3 is 5.32 Å². The summed E-state index contributed by atoms with van der Waals surface area (Å²) in [5.41, 5.74) is 4.29. The Balaban J connectivity index is 0.00000128. The molecule has 0 saturated heterocycles. The molecule has 3 nitrogen and oxygen atoms in total. The summed E-state index contributed by atoms with van der Waals surface area (Å²) in [6, 6.07) is 0. The summed E-state index contributed by atoms with van der Waals surface area (Å²) in [5, 5.41) is 10.8. The largest absolute Gasteiger partial charge is 0.312 e. The van der Waals surface area contributed by atoms with Gasteiger partial charge in [-0.15, -0.1) is 12.4 Å². The second kappa shape index (κ2) is 5.19. The lowest BCUT2D eigenvalue weighted by Gasteiger charge is -2.13. The van der Waals surface area contributed by atoms with Crippen LogP contribution in [0, 0.1) is 19.3 Å². The van der Waals surface area contributed by atoms with Crippen molar-refractivity contribution in [1.82, 2.24) is 15.5 Å². The third-order valence-electron chi connectivity index (χ3n) is 3.79. The molecule has 16 heavy (non-hydrogen) atoms. The number of hydrogen-bond donors (Lipinski definition) is 2. The minimum absolute atomic E-state index is 0. The topological polar surface area (TPSA) is 40.7 Å². The number of rotatable bonds is 5. The molecule has 0 aromatic carbocycles. The zero-order valence-corrected chi connectivity index (χ0v) is 11.2. The van der Waals surface area contributed by atoms with Gasteiger partial charge in [-0.2, -0.15) is 5.10 Å². The number of H-pyrrole nitrogens is 1. The van der Waals surface area contributed by atoms with Crippen molar-refractivity contribution in [1.29, 1.82) is 0 Å². The second-order valence-electron chi connectivity index (χ2n) is 4.87. The number of aryl methyl sites for hydroxylation is 2. The Morgan fingerprint density at radius 3 is 2.50 bits per heavy atom. The number of nitrogens with zero attached hydrogens (tertiary/aromatic N) is 1. The molecule has 0 bridgehead atoms. The monoisotopic (exact) mass is 243 g/mol. The fourth-order valence-electron chi connectivity index (χ4n) is 2.12. The summed E-state index contributed by atoms with van der Waals surface area (Å²) in [7, 11) is 0. The summed E-state index contributed by atoms with van der Waals surface area (Å²) in [6.45, 7) is 8.56. The molecule has 1 fully saturated rings. The standard InChI is InChI=1S/C12H21N3.ClH/c1-4-12(5-6-12)8-13-7-11-9(2)14-15-10(11)3;/h13H,4-8H2,1-3H3,(H,14,15);1H. The molecule has 2 N–H and O–H groups in total. The van der Waals surface area contributed by atoms with E-state index in [9.17, 15) is 0 Å². The van der Waals surface area contributed by atoms with Crippen LogP contribution in [0.15, 0.2) is 0 Å². The Morgan fingerprint density at radius 1 is 1.38 bits per heavy atom. The molecule has 0 radical (unpaired) electrons. The smallest absolute Gasteiger partial charge is 0.0638 e. The predicted molar refractivity (Wildman–Crippen MR) is 69.0 cm³/mol. The molecule has 4 heteroatoms. The van der Waals surface area contributed by atoms with Gasteiger partial charge in [0.25, 0.3) is 0 Å². The SMILES string of the molecule is CCC1(CNCc2c(C)n[nH]c2C)CC1.Cl. The lowest BCUT2D eigenvalue weighted by Crippen LogP contribution is -2.23. The number of aromatic amines is 1. The van der Waals surface area contributed by atoms with Crippen molar-refractivity contribution in [2.75, 3.05) is 6.54 Å². The van der Waals surface area contributed by atoms with Crippen molar-refractivity contribution in [2.24, 2.45) is 5.41 Å². The van der Waals surface area contributed by atoms with Crippen LogP contribution >= 0.6 is 12.4 Å². The van der Waals surface area contributed by atoms with E-state index in [1.54, 1.807) is 0 Å². The summed E-state index contributed by atoms with van der Waals surface area (Å²) in [4.78, 5) is 0. The van der Waals surface area contributed by atoms with Gasteiger partial charge in [-0.05, 0) is 38.5 Å². The van der Waals surface area contributed by atoms with E-state index in [-0.39, 0.29) is 12.4 Å². The molecule has 0 atom stereocenters. The first-order chi connectivity index (χ1) is 7.17. The molecule has 0 aliphatic heterocycles. The Kier molecular flexibility index (Phi) is 4.39. The summed E-state index contributed by atoms with van der Waals surface area (Å²) < 4.78 is 0. The van der Waals surface area contributed by atoms with Crippen LogP contribution in [0.3, 0.4) is 0 Å². The molecule has 1 aliphatic rings. The highest BCUT2D eigenvalue weighted by atomic mass is 35.5. The maximum Gasteiger partial charge on any atom is 0.0638 e. The highest BCUT2D eigenvalue weighted by molar-refractivity contribution is 5.85. The quantitative estimate of drug-likeness (QED) is 0.835. The van der Waals surface area contributed by atoms with Crippen molar-refractivity contribution in [3.05, 3.63) is 17.0 Å². The maximum atomic E-state index is 4.20. The molecule has 0 spiro atoms. The van der Waals surface area contributed by atoms with E-state index in [0.29, 0.717) is 5.41 Å². The van der Waals surface area contributed by atoms with Crippen molar-refractivity contribution < 1.29 is 0 Å². The molecular formula is C12H22ClN3. The molecule has 1 aromatic heterocycles. The van der Waals surface area contributed by atoms with Crippen LogP contribution in [0.25, 0.3) is 0 Å². The van der Waals surface area contributed by atoms with Crippen LogP contribution in [0.1, 0.15) is 43.1 Å². The van der Waals surface area contributed by atoms with E-state index >= 15 is 0 Å². The zero-order valence-electron chi connectivity index (χ0n) is 10.4. The van der Waals surface area contributed by atoms with E-state index in [1.807, 2.05) is 0 Å². The van der Waals surface area contributed by atoms with Gasteiger partial charge in [-0.3, -0.25) is 5.10 Å². The molecular weight excluding hydrogens is 222 g/mol. The van der Waals surface area contributed by atoms with Gasteiger partial charge in [0.2, 0.25) is 0 Å². The lowest BCUT2D eigenvalue weighted by molar-refractivity contribution is 0.443. The van der Waals surface area contributed by atoms with Crippen LogP contribution in [0.2, 0.25) is 0 Å². The second-order valence-corrected chi connectivity index (χ2v) is 4.87. The number of nitrogens with one attached hydrogen (secondary N) is 2. The number of aromatic nitrogens is 2. The highest BCUT2D eigenvalue weighted by Crippen LogP contribution is 2.47. The van der Waals surface area contributed by atoms with Gasteiger partial charge in [-0.1, -0.05) is 6.92 Å². The average Bonchev–Trinajstić information content (AvgIpc) is 2.95. The Hall–Kier alpha value is -0.540. The zero-order chi connectivity index (χ0) is 10.9. The maximum absolute atomic E-state index is 4.20. The van der Waals surface area contributed by atoms with E-state index in [4.69, 9.17) is 0 Å². The summed E-state index contributed by atoms with van der Waals surface area (Å²) in [6.07, 6.45) is 4.11. The fourth-order valence-corrected chi connectivity index (χ4v) is 2.12. The fraction of sp³-hybridized carbons (Fsp3) is 0.750. The molecule has 2 rings (SSSR count). The summed E-state index contributed by atoms with van der Waals surface area (Å²) in [5.74, 6) is 0. The molecule has 1 saturated carbocycles. The summed E-state index contributed by atoms with van der Waals surface area (Å²) >= 11 is 0. The first-order valence-corrected chi connectivity index (χ1v) is 5.88. The van der Waals surface area contributed by atoms with Crippen LogP contribution < -0.4 is 5.32 Å². The van der Waals surface area contributed by atoms with Crippen molar-refractivity contribution in [2.45, 2.75) is 46.6 Å². The Labute approximate surface area is 104 Å².